The number of allylic oxidation sites excluding steroid dienone is 1. The summed E-state index contributed by atoms with van der Waals surface area (Å²) in [5.74, 6) is 5.03. The quantitative estimate of drug-likeness (QED) is 0.656. The summed E-state index contributed by atoms with van der Waals surface area (Å²) in [4.78, 5) is 0. The summed E-state index contributed by atoms with van der Waals surface area (Å²) in [5, 5.41) is 0. The minimum atomic E-state index is -3.59. The zero-order valence-electron chi connectivity index (χ0n) is 14.6. The van der Waals surface area contributed by atoms with Crippen molar-refractivity contribution in [1.82, 2.24) is 0 Å². The molecular weight excluding hydrogens is 322 g/mol. The third-order valence-corrected chi connectivity index (χ3v) is 3.78. The van der Waals surface area contributed by atoms with Crippen LogP contribution in [-0.2, 0) is 20.2 Å². The van der Waals surface area contributed by atoms with Crippen LogP contribution in [0.15, 0.2) is 73.3 Å². The molecule has 0 aliphatic rings. The van der Waals surface area contributed by atoms with E-state index in [4.69, 9.17) is 0 Å². The van der Waals surface area contributed by atoms with Crippen LogP contribution in [0.1, 0.15) is 37.8 Å². The van der Waals surface area contributed by atoms with Gasteiger partial charge in [0.25, 0.3) is 10.1 Å². The van der Waals surface area contributed by atoms with E-state index in [1.165, 1.54) is 5.56 Å². The first kappa shape index (κ1) is 22.1. The van der Waals surface area contributed by atoms with Gasteiger partial charge in [-0.05, 0) is 24.0 Å². The second-order valence-electron chi connectivity index (χ2n) is 5.26. The van der Waals surface area contributed by atoms with E-state index in [0.29, 0.717) is 11.5 Å². The van der Waals surface area contributed by atoms with Crippen LogP contribution < -0.4 is 5.90 Å². The molecule has 0 atom stereocenters. The van der Waals surface area contributed by atoms with Gasteiger partial charge in [0.2, 0.25) is 0 Å². The summed E-state index contributed by atoms with van der Waals surface area (Å²) in [5.41, 5.74) is 2.07. The maximum absolute atomic E-state index is 10.8. The highest BCUT2D eigenvalue weighted by molar-refractivity contribution is 7.85. The SMILES string of the molecule is C=CC.CC(C)c1ccccc1.NOS(=O)(=O)Cc1ccccc1. The van der Waals surface area contributed by atoms with Gasteiger partial charge >= 0.3 is 0 Å². The van der Waals surface area contributed by atoms with Crippen LogP contribution in [0.4, 0.5) is 0 Å². The lowest BCUT2D eigenvalue weighted by Gasteiger charge is -2.01. The lowest BCUT2D eigenvalue weighted by atomic mass is 10.0. The molecule has 0 fully saturated rings. The lowest BCUT2D eigenvalue weighted by Crippen LogP contribution is -2.12. The molecule has 24 heavy (non-hydrogen) atoms. The average molecular weight is 349 g/mol. The third kappa shape index (κ3) is 10.7. The van der Waals surface area contributed by atoms with Crippen molar-refractivity contribution in [3.8, 4) is 0 Å². The van der Waals surface area contributed by atoms with Crippen LogP contribution in [0.5, 0.6) is 0 Å². The largest absolute Gasteiger partial charge is 0.287 e. The Morgan fingerprint density at radius 3 is 1.79 bits per heavy atom. The van der Waals surface area contributed by atoms with Gasteiger partial charge in [0, 0.05) is 0 Å². The molecule has 0 aliphatic heterocycles. The van der Waals surface area contributed by atoms with Crippen LogP contribution in [0.25, 0.3) is 0 Å². The first-order valence-corrected chi connectivity index (χ1v) is 9.21. The summed E-state index contributed by atoms with van der Waals surface area (Å²) < 4.78 is 25.5. The maximum Gasteiger partial charge on any atom is 0.287 e. The average Bonchev–Trinajstić information content (AvgIpc) is 2.57. The van der Waals surface area contributed by atoms with E-state index in [1.54, 1.807) is 36.4 Å². The van der Waals surface area contributed by atoms with Crippen molar-refractivity contribution < 1.29 is 12.7 Å². The van der Waals surface area contributed by atoms with Gasteiger partial charge in [0.05, 0.1) is 0 Å². The Labute approximate surface area is 146 Å². The van der Waals surface area contributed by atoms with Crippen molar-refractivity contribution in [2.45, 2.75) is 32.4 Å². The summed E-state index contributed by atoms with van der Waals surface area (Å²) in [7, 11) is -3.59. The van der Waals surface area contributed by atoms with Gasteiger partial charge in [-0.25, -0.2) is 0 Å². The highest BCUT2D eigenvalue weighted by atomic mass is 32.2. The lowest BCUT2D eigenvalue weighted by molar-refractivity contribution is 0.332. The Bertz CT molecular complexity index is 654. The molecule has 5 heteroatoms. The van der Waals surface area contributed by atoms with Gasteiger partial charge in [0.1, 0.15) is 5.75 Å². The molecule has 0 unspecified atom stereocenters. The van der Waals surface area contributed by atoms with Crippen molar-refractivity contribution in [3.05, 3.63) is 84.4 Å². The van der Waals surface area contributed by atoms with Crippen molar-refractivity contribution in [2.24, 2.45) is 5.90 Å². The van der Waals surface area contributed by atoms with Crippen molar-refractivity contribution >= 4 is 10.1 Å². The van der Waals surface area contributed by atoms with E-state index in [-0.39, 0.29) is 5.75 Å². The molecule has 2 N–H and O–H groups in total. The molecule has 2 aromatic rings. The Balaban J connectivity index is 0.000000390. The van der Waals surface area contributed by atoms with Crippen molar-refractivity contribution in [3.63, 3.8) is 0 Å². The Morgan fingerprint density at radius 1 is 1.04 bits per heavy atom. The summed E-state index contributed by atoms with van der Waals surface area (Å²) >= 11 is 0. The molecule has 0 amide bonds. The third-order valence-electron chi connectivity index (χ3n) is 2.80. The van der Waals surface area contributed by atoms with Gasteiger partial charge in [-0.1, -0.05) is 80.6 Å². The second-order valence-corrected chi connectivity index (χ2v) is 6.85. The highest BCUT2D eigenvalue weighted by Crippen LogP contribution is 2.11. The highest BCUT2D eigenvalue weighted by Gasteiger charge is 2.09. The van der Waals surface area contributed by atoms with Crippen LogP contribution in [0.2, 0.25) is 0 Å². The molecular formula is C19H27NO3S. The first-order valence-electron chi connectivity index (χ1n) is 7.63. The second kappa shape index (κ2) is 12.5. The van der Waals surface area contributed by atoms with E-state index in [9.17, 15) is 8.42 Å². The number of benzene rings is 2. The minimum absolute atomic E-state index is 0.190. The van der Waals surface area contributed by atoms with Gasteiger partial charge < -0.3 is 0 Å². The molecule has 0 bridgehead atoms. The summed E-state index contributed by atoms with van der Waals surface area (Å²) in [6.07, 6.45) is 1.75. The van der Waals surface area contributed by atoms with E-state index in [0.717, 1.165) is 0 Å². The molecule has 132 valence electrons. The fourth-order valence-corrected chi connectivity index (χ4v) is 2.32. The smallest absolute Gasteiger partial charge is 0.198 e. The molecule has 4 nitrogen and oxygen atoms in total. The topological polar surface area (TPSA) is 69.4 Å². The van der Waals surface area contributed by atoms with Crippen LogP contribution in [-0.4, -0.2) is 8.42 Å². The summed E-state index contributed by atoms with van der Waals surface area (Å²) in [6.45, 7) is 9.66. The van der Waals surface area contributed by atoms with Crippen LogP contribution in [0, 0.1) is 0 Å². The maximum atomic E-state index is 10.8. The fourth-order valence-electron chi connectivity index (χ4n) is 1.65. The van der Waals surface area contributed by atoms with Crippen LogP contribution >= 0.6 is 0 Å². The normalized spacial score (nSPS) is 10.0. The van der Waals surface area contributed by atoms with Crippen molar-refractivity contribution in [2.75, 3.05) is 0 Å². The first-order chi connectivity index (χ1) is 11.4. The minimum Gasteiger partial charge on any atom is -0.198 e. The predicted octanol–water partition coefficient (Wildman–Crippen LogP) is 4.41. The Morgan fingerprint density at radius 2 is 1.46 bits per heavy atom. The van der Waals surface area contributed by atoms with Crippen molar-refractivity contribution in [1.29, 1.82) is 0 Å². The molecule has 0 spiro atoms. The molecule has 0 aliphatic carbocycles. The molecule has 0 heterocycles. The van der Waals surface area contributed by atoms with Crippen LogP contribution in [0.3, 0.4) is 0 Å². The summed E-state index contributed by atoms with van der Waals surface area (Å²) in [6, 6.07) is 19.2. The number of nitrogens with two attached hydrogens (primary N) is 1. The molecule has 0 saturated carbocycles. The van der Waals surface area contributed by atoms with E-state index >= 15 is 0 Å². The van der Waals surface area contributed by atoms with E-state index < -0.39 is 10.1 Å². The van der Waals surface area contributed by atoms with E-state index in [1.807, 2.05) is 13.0 Å². The van der Waals surface area contributed by atoms with Gasteiger partial charge in [-0.3, -0.25) is 0 Å². The number of hydrogen-bond acceptors (Lipinski definition) is 4. The zero-order chi connectivity index (χ0) is 18.4. The molecule has 0 radical (unpaired) electrons. The van der Waals surface area contributed by atoms with Gasteiger partial charge in [-0.2, -0.15) is 18.6 Å². The molecule has 2 aromatic carbocycles. The zero-order valence-corrected chi connectivity index (χ0v) is 15.4. The Hall–Kier alpha value is -1.95. The molecule has 2 rings (SSSR count). The monoisotopic (exact) mass is 349 g/mol. The predicted molar refractivity (Wildman–Crippen MR) is 101 cm³/mol. The molecule has 0 saturated heterocycles. The number of rotatable bonds is 4. The molecule has 0 aromatic heterocycles. The standard InChI is InChI=1S/C9H12.C7H9NO3S.C3H6/c1-8(2)9-6-4-3-5-7-9;8-11-12(9,10)6-7-4-2-1-3-5-7;1-3-2/h3-8H,1-2H3;1-5H,6,8H2;3H,1H2,2H3. The van der Waals surface area contributed by atoms with E-state index in [2.05, 4.69) is 54.9 Å². The van der Waals surface area contributed by atoms with Gasteiger partial charge in [-0.15, -0.1) is 6.58 Å². The Kier molecular flexibility index (Phi) is 11.5. The van der Waals surface area contributed by atoms with Gasteiger partial charge in [0.15, 0.2) is 0 Å². The number of hydrogen-bond donors (Lipinski definition) is 1. The fraction of sp³-hybridized carbons (Fsp3) is 0.263.